The molecule has 0 amide bonds. The van der Waals surface area contributed by atoms with Gasteiger partial charge in [-0.15, -0.1) is 0 Å². The molecule has 0 saturated carbocycles. The van der Waals surface area contributed by atoms with Gasteiger partial charge in [-0.05, 0) is 17.9 Å². The largest absolute Gasteiger partial charge is 0.458 e. The molecule has 0 aromatic heterocycles. The molecular weight excluding hydrogens is 212 g/mol. The molecule has 2 nitrogen and oxygen atoms in total. The van der Waals surface area contributed by atoms with Crippen molar-refractivity contribution in [1.82, 2.24) is 0 Å². The molecule has 1 aromatic rings. The first-order valence-corrected chi connectivity index (χ1v) is 5.79. The van der Waals surface area contributed by atoms with E-state index >= 15 is 0 Å². The Balaban J connectivity index is 2.52. The van der Waals surface area contributed by atoms with Crippen molar-refractivity contribution in [2.75, 3.05) is 0 Å². The topological polar surface area (TPSA) is 26.3 Å². The minimum atomic E-state index is -0.277. The van der Waals surface area contributed by atoms with Gasteiger partial charge in [0.05, 0.1) is 0 Å². The highest BCUT2D eigenvalue weighted by atomic mass is 16.5. The Kier molecular flexibility index (Phi) is 4.50. The fraction of sp³-hybridized carbons (Fsp3) is 0.400. The second-order valence-corrected chi connectivity index (χ2v) is 5.17. The molecule has 0 heterocycles. The molecule has 0 unspecified atom stereocenters. The molecule has 0 spiro atoms. The molecule has 0 aliphatic heterocycles. The van der Waals surface area contributed by atoms with Crippen LogP contribution in [-0.2, 0) is 16.1 Å². The summed E-state index contributed by atoms with van der Waals surface area (Å²) >= 11 is 0. The van der Waals surface area contributed by atoms with Gasteiger partial charge in [-0.3, -0.25) is 0 Å². The fourth-order valence-corrected chi connectivity index (χ4v) is 1.16. The first kappa shape index (κ1) is 13.5. The minimum absolute atomic E-state index is 0.00572. The molecule has 92 valence electrons. The molecular formula is C15H20O2. The van der Waals surface area contributed by atoms with E-state index in [0.29, 0.717) is 6.61 Å². The van der Waals surface area contributed by atoms with Crippen LogP contribution in [0, 0.1) is 5.41 Å². The molecule has 17 heavy (non-hydrogen) atoms. The summed E-state index contributed by atoms with van der Waals surface area (Å²) in [6, 6.07) is 9.68. The molecule has 1 rings (SSSR count). The van der Waals surface area contributed by atoms with Gasteiger partial charge in [0.1, 0.15) is 6.61 Å². The molecule has 0 atom stereocenters. The van der Waals surface area contributed by atoms with Crippen LogP contribution in [0.4, 0.5) is 0 Å². The first-order chi connectivity index (χ1) is 7.89. The summed E-state index contributed by atoms with van der Waals surface area (Å²) in [4.78, 5) is 11.6. The highest BCUT2D eigenvalue weighted by Gasteiger charge is 2.14. The maximum atomic E-state index is 11.6. The quantitative estimate of drug-likeness (QED) is 0.586. The zero-order valence-electron chi connectivity index (χ0n) is 11.0. The molecule has 2 heteroatoms. The number of hydrogen-bond donors (Lipinski definition) is 0. The van der Waals surface area contributed by atoms with E-state index in [1.54, 1.807) is 6.08 Å². The summed E-state index contributed by atoms with van der Waals surface area (Å²) in [5.74, 6) is -0.277. The van der Waals surface area contributed by atoms with E-state index in [2.05, 4.69) is 20.8 Å². The Bertz CT molecular complexity index is 397. The van der Waals surface area contributed by atoms with Gasteiger partial charge < -0.3 is 4.74 Å². The third kappa shape index (κ3) is 4.85. The number of allylic oxidation sites excluding steroid dienone is 1. The van der Waals surface area contributed by atoms with E-state index in [-0.39, 0.29) is 11.4 Å². The van der Waals surface area contributed by atoms with Crippen LogP contribution >= 0.6 is 0 Å². The predicted octanol–water partition coefficient (Wildman–Crippen LogP) is 3.72. The van der Waals surface area contributed by atoms with Crippen molar-refractivity contribution in [3.63, 3.8) is 0 Å². The normalized spacial score (nSPS) is 12.4. The summed E-state index contributed by atoms with van der Waals surface area (Å²) in [7, 11) is 0. The van der Waals surface area contributed by atoms with Crippen molar-refractivity contribution in [2.24, 2.45) is 5.41 Å². The molecule has 0 N–H and O–H groups in total. The Hall–Kier alpha value is -1.57. The molecule has 1 aromatic carbocycles. The minimum Gasteiger partial charge on any atom is -0.458 e. The van der Waals surface area contributed by atoms with Crippen molar-refractivity contribution < 1.29 is 9.53 Å². The second kappa shape index (κ2) is 5.67. The molecule has 0 bridgehead atoms. The molecule has 0 saturated heterocycles. The molecule has 0 radical (unpaired) electrons. The van der Waals surface area contributed by atoms with Crippen molar-refractivity contribution in [2.45, 2.75) is 34.3 Å². The lowest BCUT2D eigenvalue weighted by atomic mass is 9.87. The van der Waals surface area contributed by atoms with Crippen LogP contribution in [0.5, 0.6) is 0 Å². The number of carbonyl (C=O) groups excluding carboxylic acids is 1. The van der Waals surface area contributed by atoms with E-state index in [1.165, 1.54) is 0 Å². The number of ether oxygens (including phenoxy) is 1. The van der Waals surface area contributed by atoms with Gasteiger partial charge in [-0.25, -0.2) is 4.79 Å². The van der Waals surface area contributed by atoms with Gasteiger partial charge >= 0.3 is 5.97 Å². The monoisotopic (exact) mass is 232 g/mol. The van der Waals surface area contributed by atoms with Crippen LogP contribution in [-0.4, -0.2) is 5.97 Å². The maximum Gasteiger partial charge on any atom is 0.331 e. The summed E-state index contributed by atoms with van der Waals surface area (Å²) in [6.45, 7) is 8.49. The standard InChI is InChI=1S/C15H20O2/c1-12(15(2,3)4)10-14(16)17-11-13-8-6-5-7-9-13/h5-10H,11H2,1-4H3/b12-10+. The lowest BCUT2D eigenvalue weighted by molar-refractivity contribution is -0.139. The summed E-state index contributed by atoms with van der Waals surface area (Å²) in [5.41, 5.74) is 2.03. The SMILES string of the molecule is C/C(=C\C(=O)OCc1ccccc1)C(C)(C)C. The van der Waals surface area contributed by atoms with E-state index < -0.39 is 0 Å². The third-order valence-corrected chi connectivity index (χ3v) is 2.74. The van der Waals surface area contributed by atoms with Gasteiger partial charge in [0.15, 0.2) is 0 Å². The first-order valence-electron chi connectivity index (χ1n) is 5.79. The van der Waals surface area contributed by atoms with Crippen molar-refractivity contribution in [3.05, 3.63) is 47.5 Å². The smallest absolute Gasteiger partial charge is 0.331 e. The van der Waals surface area contributed by atoms with Gasteiger partial charge in [0.2, 0.25) is 0 Å². The number of rotatable bonds is 3. The maximum absolute atomic E-state index is 11.6. The number of hydrogen-bond acceptors (Lipinski definition) is 2. The van der Waals surface area contributed by atoms with E-state index in [4.69, 9.17) is 4.74 Å². The number of benzene rings is 1. The summed E-state index contributed by atoms with van der Waals surface area (Å²) in [6.07, 6.45) is 1.57. The number of carbonyl (C=O) groups is 1. The Labute approximate surface area is 103 Å². The van der Waals surface area contributed by atoms with E-state index in [0.717, 1.165) is 11.1 Å². The van der Waals surface area contributed by atoms with Gasteiger partial charge in [-0.1, -0.05) is 56.7 Å². The van der Waals surface area contributed by atoms with E-state index in [9.17, 15) is 4.79 Å². The van der Waals surface area contributed by atoms with Crippen LogP contribution in [0.1, 0.15) is 33.3 Å². The summed E-state index contributed by atoms with van der Waals surface area (Å²) < 4.78 is 5.18. The van der Waals surface area contributed by atoms with Gasteiger partial charge in [-0.2, -0.15) is 0 Å². The van der Waals surface area contributed by atoms with Gasteiger partial charge in [0, 0.05) is 6.08 Å². The van der Waals surface area contributed by atoms with Crippen LogP contribution < -0.4 is 0 Å². The van der Waals surface area contributed by atoms with Crippen molar-refractivity contribution >= 4 is 5.97 Å². The van der Waals surface area contributed by atoms with Crippen LogP contribution in [0.2, 0.25) is 0 Å². The Morgan fingerprint density at radius 1 is 1.24 bits per heavy atom. The lowest BCUT2D eigenvalue weighted by Crippen LogP contribution is -2.10. The highest BCUT2D eigenvalue weighted by molar-refractivity contribution is 5.82. The zero-order valence-corrected chi connectivity index (χ0v) is 11.0. The summed E-state index contributed by atoms with van der Waals surface area (Å²) in [5, 5.41) is 0. The molecule has 0 aliphatic rings. The van der Waals surface area contributed by atoms with Crippen LogP contribution in [0.15, 0.2) is 42.0 Å². The third-order valence-electron chi connectivity index (χ3n) is 2.74. The van der Waals surface area contributed by atoms with Crippen molar-refractivity contribution in [3.8, 4) is 0 Å². The Morgan fingerprint density at radius 2 is 1.82 bits per heavy atom. The highest BCUT2D eigenvalue weighted by Crippen LogP contribution is 2.24. The van der Waals surface area contributed by atoms with Crippen LogP contribution in [0.25, 0.3) is 0 Å². The Morgan fingerprint density at radius 3 is 2.35 bits per heavy atom. The molecule has 0 fully saturated rings. The predicted molar refractivity (Wildman–Crippen MR) is 69.5 cm³/mol. The number of esters is 1. The average molecular weight is 232 g/mol. The van der Waals surface area contributed by atoms with Crippen molar-refractivity contribution in [1.29, 1.82) is 0 Å². The lowest BCUT2D eigenvalue weighted by Gasteiger charge is -2.18. The molecule has 0 aliphatic carbocycles. The average Bonchev–Trinajstić information content (AvgIpc) is 2.26. The fourth-order valence-electron chi connectivity index (χ4n) is 1.16. The second-order valence-electron chi connectivity index (χ2n) is 5.17. The van der Waals surface area contributed by atoms with Gasteiger partial charge in [0.25, 0.3) is 0 Å². The van der Waals surface area contributed by atoms with Crippen LogP contribution in [0.3, 0.4) is 0 Å². The zero-order chi connectivity index (χ0) is 12.9. The van der Waals surface area contributed by atoms with E-state index in [1.807, 2.05) is 37.3 Å².